The molecule has 0 saturated heterocycles. The summed E-state index contributed by atoms with van der Waals surface area (Å²) in [5.74, 6) is 0.898. The molecule has 0 atom stereocenters. The van der Waals surface area contributed by atoms with Gasteiger partial charge in [-0.2, -0.15) is 0 Å². The minimum Gasteiger partial charge on any atom is -0.497 e. The van der Waals surface area contributed by atoms with E-state index in [0.717, 1.165) is 22.6 Å². The first-order chi connectivity index (χ1) is 12.6. The Balaban J connectivity index is 1.69. The van der Waals surface area contributed by atoms with Gasteiger partial charge >= 0.3 is 0 Å². The molecule has 0 aliphatic carbocycles. The Morgan fingerprint density at radius 2 is 1.81 bits per heavy atom. The second-order valence-electron chi connectivity index (χ2n) is 6.00. The molecule has 2 aromatic carbocycles. The normalized spacial score (nSPS) is 10.4. The van der Waals surface area contributed by atoms with Crippen LogP contribution in [0.5, 0.6) is 5.75 Å². The molecule has 1 heterocycles. The lowest BCUT2D eigenvalue weighted by atomic mass is 10.1. The molecule has 0 aliphatic heterocycles. The van der Waals surface area contributed by atoms with Crippen molar-refractivity contribution < 1.29 is 13.9 Å². The van der Waals surface area contributed by atoms with E-state index in [4.69, 9.17) is 9.15 Å². The lowest BCUT2D eigenvalue weighted by Crippen LogP contribution is -2.23. The van der Waals surface area contributed by atoms with Crippen molar-refractivity contribution in [2.24, 2.45) is 0 Å². The molecule has 0 bridgehead atoms. The quantitative estimate of drug-likeness (QED) is 0.738. The minimum atomic E-state index is -0.277. The molecule has 1 amide bonds. The van der Waals surface area contributed by atoms with Crippen molar-refractivity contribution in [1.29, 1.82) is 0 Å². The highest BCUT2D eigenvalue weighted by Crippen LogP contribution is 2.25. The second-order valence-corrected chi connectivity index (χ2v) is 6.00. The molecule has 3 aromatic rings. The predicted molar refractivity (Wildman–Crippen MR) is 100 cm³/mol. The fourth-order valence-electron chi connectivity index (χ4n) is 2.53. The Hall–Kier alpha value is -3.28. The van der Waals surface area contributed by atoms with E-state index in [1.807, 2.05) is 67.5 Å². The summed E-state index contributed by atoms with van der Waals surface area (Å²) in [5, 5.41) is 2.88. The highest BCUT2D eigenvalue weighted by Gasteiger charge is 2.18. The van der Waals surface area contributed by atoms with Crippen LogP contribution >= 0.6 is 0 Å². The number of hydrogen-bond acceptors (Lipinski definition) is 5. The summed E-state index contributed by atoms with van der Waals surface area (Å²) in [6.07, 6.45) is 1.28. The highest BCUT2D eigenvalue weighted by molar-refractivity contribution is 5.97. The number of nitrogens with zero attached hydrogens (tertiary/aromatic N) is 2. The van der Waals surface area contributed by atoms with E-state index in [0.29, 0.717) is 12.3 Å². The fourth-order valence-corrected chi connectivity index (χ4v) is 2.53. The summed E-state index contributed by atoms with van der Waals surface area (Å²) >= 11 is 0. The number of methoxy groups -OCH3 is 1. The first-order valence-electron chi connectivity index (χ1n) is 8.21. The number of amides is 1. The molecule has 1 aromatic heterocycles. The number of anilines is 1. The summed E-state index contributed by atoms with van der Waals surface area (Å²) in [7, 11) is 5.58. The van der Waals surface area contributed by atoms with Crippen molar-refractivity contribution in [2.45, 2.75) is 6.54 Å². The zero-order valence-electron chi connectivity index (χ0n) is 15.0. The van der Waals surface area contributed by atoms with Gasteiger partial charge in [0, 0.05) is 31.9 Å². The number of ether oxygens (including phenoxy) is 1. The predicted octanol–water partition coefficient (Wildman–Crippen LogP) is 3.35. The van der Waals surface area contributed by atoms with Crippen LogP contribution in [0.15, 0.2) is 59.3 Å². The molecule has 6 heteroatoms. The number of benzene rings is 2. The lowest BCUT2D eigenvalue weighted by Gasteiger charge is -2.12. The number of aromatic nitrogens is 1. The first kappa shape index (κ1) is 17.5. The number of oxazole rings is 1. The van der Waals surface area contributed by atoms with Crippen molar-refractivity contribution in [3.8, 4) is 17.1 Å². The highest BCUT2D eigenvalue weighted by atomic mass is 16.5. The van der Waals surface area contributed by atoms with Crippen LogP contribution in [0.4, 0.5) is 5.69 Å². The van der Waals surface area contributed by atoms with Crippen molar-refractivity contribution in [2.75, 3.05) is 26.1 Å². The first-order valence-corrected chi connectivity index (χ1v) is 8.21. The van der Waals surface area contributed by atoms with Crippen molar-refractivity contribution in [3.63, 3.8) is 0 Å². The number of hydrogen-bond donors (Lipinski definition) is 1. The number of rotatable bonds is 6. The number of carbonyl (C=O) groups excluding carboxylic acids is 1. The average Bonchev–Trinajstić information content (AvgIpc) is 3.16. The van der Waals surface area contributed by atoms with Crippen LogP contribution in [0.25, 0.3) is 11.3 Å². The van der Waals surface area contributed by atoms with Crippen LogP contribution in [0.1, 0.15) is 16.1 Å². The zero-order chi connectivity index (χ0) is 18.5. The van der Waals surface area contributed by atoms with Gasteiger partial charge in [-0.25, -0.2) is 4.98 Å². The van der Waals surface area contributed by atoms with Crippen molar-refractivity contribution in [3.05, 3.63) is 66.2 Å². The van der Waals surface area contributed by atoms with Crippen molar-refractivity contribution in [1.82, 2.24) is 10.3 Å². The maximum absolute atomic E-state index is 12.5. The van der Waals surface area contributed by atoms with Gasteiger partial charge in [0.2, 0.25) is 0 Å². The third kappa shape index (κ3) is 3.85. The van der Waals surface area contributed by atoms with E-state index >= 15 is 0 Å². The van der Waals surface area contributed by atoms with E-state index in [1.54, 1.807) is 7.11 Å². The van der Waals surface area contributed by atoms with Gasteiger partial charge in [0.05, 0.1) is 7.11 Å². The van der Waals surface area contributed by atoms with Crippen LogP contribution in [0, 0.1) is 0 Å². The molecule has 0 unspecified atom stereocenters. The smallest absolute Gasteiger partial charge is 0.274 e. The van der Waals surface area contributed by atoms with Crippen LogP contribution in [-0.4, -0.2) is 32.1 Å². The van der Waals surface area contributed by atoms with Crippen LogP contribution < -0.4 is 15.0 Å². The van der Waals surface area contributed by atoms with E-state index in [-0.39, 0.29) is 11.6 Å². The van der Waals surface area contributed by atoms with Crippen molar-refractivity contribution >= 4 is 11.6 Å². The van der Waals surface area contributed by atoms with Crippen LogP contribution in [0.2, 0.25) is 0 Å². The van der Waals surface area contributed by atoms with E-state index in [1.165, 1.54) is 6.39 Å². The molecular weight excluding hydrogens is 330 g/mol. The number of nitrogens with one attached hydrogen (secondary N) is 1. The average molecular weight is 351 g/mol. The second kappa shape index (κ2) is 7.74. The third-order valence-corrected chi connectivity index (χ3v) is 4.04. The Kier molecular flexibility index (Phi) is 5.22. The van der Waals surface area contributed by atoms with Gasteiger partial charge < -0.3 is 19.4 Å². The summed E-state index contributed by atoms with van der Waals surface area (Å²) in [4.78, 5) is 18.6. The van der Waals surface area contributed by atoms with Gasteiger partial charge in [-0.05, 0) is 42.0 Å². The number of carbonyl (C=O) groups is 1. The lowest BCUT2D eigenvalue weighted by molar-refractivity contribution is 0.0947. The van der Waals surface area contributed by atoms with Gasteiger partial charge in [-0.1, -0.05) is 12.1 Å². The standard InChI is InChI=1S/C20H21N3O3/c1-23(2)16-8-4-14(5-9-16)12-21-20(24)18-19(26-13-22-18)15-6-10-17(25-3)11-7-15/h4-11,13H,12H2,1-3H3,(H,21,24). The molecule has 26 heavy (non-hydrogen) atoms. The topological polar surface area (TPSA) is 67.6 Å². The maximum atomic E-state index is 12.5. The van der Waals surface area contributed by atoms with E-state index in [9.17, 15) is 4.79 Å². The molecule has 0 aliphatic rings. The summed E-state index contributed by atoms with van der Waals surface area (Å²) in [5.41, 5.74) is 3.15. The van der Waals surface area contributed by atoms with Gasteiger partial charge in [0.1, 0.15) is 5.75 Å². The zero-order valence-corrected chi connectivity index (χ0v) is 15.0. The third-order valence-electron chi connectivity index (χ3n) is 4.04. The molecular formula is C20H21N3O3. The Labute approximate surface area is 152 Å². The van der Waals surface area contributed by atoms with Crippen LogP contribution in [0.3, 0.4) is 0 Å². The maximum Gasteiger partial charge on any atom is 0.274 e. The van der Waals surface area contributed by atoms with Gasteiger partial charge in [0.15, 0.2) is 17.8 Å². The molecule has 0 radical (unpaired) electrons. The molecule has 0 fully saturated rings. The summed E-state index contributed by atoms with van der Waals surface area (Å²) < 4.78 is 10.6. The Morgan fingerprint density at radius 1 is 1.12 bits per heavy atom. The minimum absolute atomic E-state index is 0.264. The van der Waals surface area contributed by atoms with Gasteiger partial charge in [0.25, 0.3) is 5.91 Å². The van der Waals surface area contributed by atoms with Gasteiger partial charge in [-0.3, -0.25) is 4.79 Å². The Morgan fingerprint density at radius 3 is 2.42 bits per heavy atom. The Bertz CT molecular complexity index is 868. The molecule has 134 valence electrons. The SMILES string of the molecule is COc1ccc(-c2ocnc2C(=O)NCc2ccc(N(C)C)cc2)cc1. The molecule has 6 nitrogen and oxygen atoms in total. The van der Waals surface area contributed by atoms with E-state index in [2.05, 4.69) is 10.3 Å². The molecule has 0 saturated carbocycles. The van der Waals surface area contributed by atoms with Gasteiger partial charge in [-0.15, -0.1) is 0 Å². The summed E-state index contributed by atoms with van der Waals surface area (Å²) in [6.45, 7) is 0.418. The van der Waals surface area contributed by atoms with E-state index < -0.39 is 0 Å². The largest absolute Gasteiger partial charge is 0.497 e. The van der Waals surface area contributed by atoms with Crippen LogP contribution in [-0.2, 0) is 6.54 Å². The molecule has 3 rings (SSSR count). The summed E-state index contributed by atoms with van der Waals surface area (Å²) in [6, 6.07) is 15.3. The fraction of sp³-hybridized carbons (Fsp3) is 0.200. The molecule has 1 N–H and O–H groups in total. The monoisotopic (exact) mass is 351 g/mol. The molecule has 0 spiro atoms.